The van der Waals surface area contributed by atoms with Crippen LogP contribution < -0.4 is 15.0 Å². The van der Waals surface area contributed by atoms with Gasteiger partial charge in [-0.2, -0.15) is 0 Å². The average Bonchev–Trinajstić information content (AvgIpc) is 3.68. The molecule has 1 atom stereocenters. The number of hydrogen-bond donors (Lipinski definition) is 1. The molecule has 55 heavy (non-hydrogen) atoms. The lowest BCUT2D eigenvalue weighted by atomic mass is 9.88. The fourth-order valence-electron chi connectivity index (χ4n) is 8.24. The molecule has 0 spiro atoms. The Bertz CT molecular complexity index is 2290. The van der Waals surface area contributed by atoms with Crippen LogP contribution in [0.4, 0.5) is 5.69 Å². The second-order valence-electron chi connectivity index (χ2n) is 14.8. The van der Waals surface area contributed by atoms with Crippen LogP contribution in [0.2, 0.25) is 0 Å². The highest BCUT2D eigenvalue weighted by molar-refractivity contribution is 6.00. The van der Waals surface area contributed by atoms with Crippen molar-refractivity contribution in [2.75, 3.05) is 63.7 Å². The fraction of sp³-hybridized carbons (Fsp3) is 0.404. The van der Waals surface area contributed by atoms with Crippen molar-refractivity contribution in [1.82, 2.24) is 20.0 Å². The molecule has 0 saturated carbocycles. The van der Waals surface area contributed by atoms with E-state index in [2.05, 4.69) is 77.8 Å². The van der Waals surface area contributed by atoms with Gasteiger partial charge in [0.2, 0.25) is 11.8 Å². The van der Waals surface area contributed by atoms with Crippen molar-refractivity contribution >= 4 is 28.6 Å². The maximum atomic E-state index is 12.6. The molecule has 3 saturated heterocycles. The summed E-state index contributed by atoms with van der Waals surface area (Å²) in [6.07, 6.45) is 2.68. The number of rotatable bonds is 12. The van der Waals surface area contributed by atoms with Gasteiger partial charge < -0.3 is 9.64 Å². The molecule has 3 fully saturated rings. The molecule has 8 rings (SSSR count). The summed E-state index contributed by atoms with van der Waals surface area (Å²) in [7, 11) is 0. The van der Waals surface area contributed by atoms with Gasteiger partial charge in [-0.25, -0.2) is 0 Å². The van der Waals surface area contributed by atoms with Crippen LogP contribution in [0.3, 0.4) is 0 Å². The second kappa shape index (κ2) is 17.4. The number of amides is 2. The molecule has 8 heteroatoms. The average molecular weight is 746 g/mol. The molecule has 0 bridgehead atoms. The Hall–Kier alpha value is -4.76. The van der Waals surface area contributed by atoms with Gasteiger partial charge in [-0.1, -0.05) is 85.8 Å². The van der Waals surface area contributed by atoms with Crippen LogP contribution in [0.25, 0.3) is 11.1 Å². The summed E-state index contributed by atoms with van der Waals surface area (Å²) < 4.78 is 79.0. The number of nitrogens with one attached hydrogen (secondary N) is 1. The van der Waals surface area contributed by atoms with Gasteiger partial charge >= 0.3 is 0 Å². The Morgan fingerprint density at radius 1 is 0.764 bits per heavy atom. The number of ether oxygens (including phenoxy) is 1. The van der Waals surface area contributed by atoms with E-state index in [1.165, 1.54) is 22.8 Å². The highest BCUT2D eigenvalue weighted by atomic mass is 16.5. The van der Waals surface area contributed by atoms with E-state index in [0.717, 1.165) is 33.8 Å². The van der Waals surface area contributed by atoms with Crippen LogP contribution in [0.1, 0.15) is 77.8 Å². The van der Waals surface area contributed by atoms with E-state index in [4.69, 9.17) is 15.7 Å². The van der Waals surface area contributed by atoms with Crippen LogP contribution in [-0.4, -0.2) is 91.3 Å². The Kier molecular flexibility index (Phi) is 9.03. The number of likely N-dealkylation sites (tertiary alicyclic amines) is 1. The smallest absolute Gasteiger partial charge is 0.243 e. The number of piperidine rings is 2. The van der Waals surface area contributed by atoms with Crippen molar-refractivity contribution < 1.29 is 25.3 Å². The predicted octanol–water partition coefficient (Wildman–Crippen LogP) is 7.09. The maximum Gasteiger partial charge on any atom is 0.243 e. The third-order valence-corrected chi connectivity index (χ3v) is 11.2. The summed E-state index contributed by atoms with van der Waals surface area (Å²) in [6.45, 7) is -6.63. The van der Waals surface area contributed by atoms with Gasteiger partial charge in [0.15, 0.2) is 0 Å². The number of imide groups is 1. The summed E-state index contributed by atoms with van der Waals surface area (Å²) in [4.78, 5) is 29.8. The number of piperazine rings is 1. The Morgan fingerprint density at radius 3 is 2.13 bits per heavy atom. The van der Waals surface area contributed by atoms with Crippen molar-refractivity contribution in [3.63, 3.8) is 0 Å². The van der Waals surface area contributed by atoms with Gasteiger partial charge in [-0.3, -0.25) is 29.6 Å². The minimum atomic E-state index is -2.98. The molecule has 286 valence electrons. The number of fused-ring (bicyclic) bond motifs is 1. The second-order valence-corrected chi connectivity index (χ2v) is 14.8. The van der Waals surface area contributed by atoms with Gasteiger partial charge in [0.05, 0.1) is 11.5 Å². The standard InChI is InChI=1S/C47H55N5O3/c1-2-43(36-9-5-3-6-10-36)46(37-11-7-4-8-12-37)38-14-17-42(18-15-38)55-30-29-49-23-21-35(22-24-49)32-50-25-27-51(28-26-50)41-16-13-39-33-52(34-40(39)31-41)44-19-20-45(53)48-47(44)54/h3-18,31,35,44H,2,19-30,32-34H2,1H3,(H,48,53,54)/i25D2,26D2,27D2,28D2. The van der Waals surface area contributed by atoms with Crippen molar-refractivity contribution in [2.24, 2.45) is 5.92 Å². The lowest BCUT2D eigenvalue weighted by molar-refractivity contribution is -0.137. The fourth-order valence-corrected chi connectivity index (χ4v) is 8.24. The molecule has 4 aliphatic rings. The first-order valence-electron chi connectivity index (χ1n) is 23.6. The van der Waals surface area contributed by atoms with Crippen LogP contribution in [0.15, 0.2) is 103 Å². The zero-order chi connectivity index (χ0) is 44.7. The highest BCUT2D eigenvalue weighted by Crippen LogP contribution is 2.35. The molecule has 0 aromatic heterocycles. The predicted molar refractivity (Wildman–Crippen MR) is 221 cm³/mol. The van der Waals surface area contributed by atoms with Gasteiger partial charge in [0, 0.05) is 69.8 Å². The summed E-state index contributed by atoms with van der Waals surface area (Å²) in [5.74, 6) is -0.117. The molecule has 4 aromatic rings. The van der Waals surface area contributed by atoms with Gasteiger partial charge in [0.1, 0.15) is 12.4 Å². The quantitative estimate of drug-likeness (QED) is 0.123. The number of hydrogen-bond acceptors (Lipinski definition) is 7. The van der Waals surface area contributed by atoms with E-state index in [-0.39, 0.29) is 36.4 Å². The summed E-state index contributed by atoms with van der Waals surface area (Å²) in [5.41, 5.74) is 7.47. The summed E-state index contributed by atoms with van der Waals surface area (Å²) in [6, 6.07) is 33.3. The Balaban J connectivity index is 0.884. The molecule has 4 heterocycles. The molecule has 4 aromatic carbocycles. The first-order chi connectivity index (χ1) is 30.0. The van der Waals surface area contributed by atoms with Crippen LogP contribution in [0.5, 0.6) is 5.75 Å². The van der Waals surface area contributed by atoms with Gasteiger partial charge in [-0.05, 0) is 108 Å². The number of nitrogens with zero attached hydrogens (tertiary/aromatic N) is 4. The van der Waals surface area contributed by atoms with Gasteiger partial charge in [-0.15, -0.1) is 0 Å². The van der Waals surface area contributed by atoms with E-state index < -0.39 is 32.0 Å². The van der Waals surface area contributed by atoms with Crippen molar-refractivity contribution in [3.8, 4) is 5.75 Å². The maximum absolute atomic E-state index is 12.6. The molecule has 1 N–H and O–H groups in total. The number of carbonyl (C=O) groups is 2. The topological polar surface area (TPSA) is 68.4 Å². The number of allylic oxidation sites excluding steroid dienone is 1. The summed E-state index contributed by atoms with van der Waals surface area (Å²) in [5, 5.41) is 2.38. The van der Waals surface area contributed by atoms with E-state index in [9.17, 15) is 9.59 Å². The molecular weight excluding hydrogens is 683 g/mol. The SMILES string of the molecule is [2H]C1([2H])N(CC2CCN(CCOc3ccc(C(=C(CC)c4ccccc4)c4ccccc4)cc3)CC2)C([2H])([2H])C([2H])([2H])N(c2ccc3c(c2)CN(C2CCC(=O)NC2=O)C3)C1([2H])[2H]. The first-order valence-corrected chi connectivity index (χ1v) is 19.6. The highest BCUT2D eigenvalue weighted by Gasteiger charge is 2.35. The largest absolute Gasteiger partial charge is 0.492 e. The third-order valence-electron chi connectivity index (χ3n) is 11.2. The van der Waals surface area contributed by atoms with E-state index in [1.807, 2.05) is 29.2 Å². The van der Waals surface area contributed by atoms with E-state index in [1.54, 1.807) is 12.1 Å². The minimum Gasteiger partial charge on any atom is -0.492 e. The molecule has 2 amide bonds. The van der Waals surface area contributed by atoms with Crippen molar-refractivity contribution in [1.29, 1.82) is 0 Å². The summed E-state index contributed by atoms with van der Waals surface area (Å²) >= 11 is 0. The molecule has 1 unspecified atom stereocenters. The zero-order valence-electron chi connectivity index (χ0n) is 39.5. The Labute approximate surface area is 338 Å². The van der Waals surface area contributed by atoms with Gasteiger partial charge in [0.25, 0.3) is 0 Å². The van der Waals surface area contributed by atoms with Crippen molar-refractivity contribution in [3.05, 3.63) is 131 Å². The third kappa shape index (κ3) is 8.88. The number of benzene rings is 4. The lowest BCUT2D eigenvalue weighted by Gasteiger charge is -2.39. The molecule has 4 aliphatic heterocycles. The zero-order valence-corrected chi connectivity index (χ0v) is 31.5. The molecule has 0 radical (unpaired) electrons. The first kappa shape index (κ1) is 28.6. The lowest BCUT2D eigenvalue weighted by Crippen LogP contribution is -2.50. The Morgan fingerprint density at radius 2 is 1.44 bits per heavy atom. The molecular formula is C47H55N5O3. The van der Waals surface area contributed by atoms with Crippen LogP contribution in [0, 0.1) is 5.92 Å². The number of carbonyl (C=O) groups excluding carboxylic acids is 2. The monoisotopic (exact) mass is 745 g/mol. The van der Waals surface area contributed by atoms with Crippen LogP contribution >= 0.6 is 0 Å². The van der Waals surface area contributed by atoms with E-state index >= 15 is 0 Å². The van der Waals surface area contributed by atoms with Crippen molar-refractivity contribution in [2.45, 2.75) is 58.2 Å². The minimum absolute atomic E-state index is 0.00945. The van der Waals surface area contributed by atoms with E-state index in [0.29, 0.717) is 69.1 Å². The number of anilines is 1. The van der Waals surface area contributed by atoms with Crippen LogP contribution in [-0.2, 0) is 22.7 Å². The molecule has 0 aliphatic carbocycles. The normalized spacial score (nSPS) is 26.4. The molecule has 8 nitrogen and oxygen atoms in total.